The maximum Gasteiger partial charge on any atom is 1.00 e. The Kier molecular flexibility index (Phi) is 35.3. The fourth-order valence-electron chi connectivity index (χ4n) is 7.51. The molecule has 90 heavy (non-hydrogen) atoms. The van der Waals surface area contributed by atoms with Gasteiger partial charge in [0.05, 0.1) is 38.5 Å². The van der Waals surface area contributed by atoms with Gasteiger partial charge in [-0.25, -0.2) is 30.4 Å². The summed E-state index contributed by atoms with van der Waals surface area (Å²) >= 11 is 0. The van der Waals surface area contributed by atoms with Crippen LogP contribution in [-0.4, -0.2) is 98.6 Å². The molecule has 0 amide bonds. The summed E-state index contributed by atoms with van der Waals surface area (Å²) in [4.78, 5) is 26.1. The van der Waals surface area contributed by atoms with Gasteiger partial charge in [0.1, 0.15) is 36.0 Å². The molecule has 0 heterocycles. The molecule has 0 aromatic heterocycles. The molecule has 1 aliphatic carbocycles. The van der Waals surface area contributed by atoms with Crippen LogP contribution in [0, 0.1) is 18.2 Å². The predicted molar refractivity (Wildman–Crippen MR) is 279 cm³/mol. The molecule has 8 aromatic carbocycles. The fraction of sp³-hybridized carbons (Fsp3) is 0. The van der Waals surface area contributed by atoms with Crippen LogP contribution in [0.1, 0.15) is 31.8 Å². The quantitative estimate of drug-likeness (QED) is 0.0307. The Balaban J connectivity index is 0.00000405. The normalized spacial score (nSPS) is 11.5. The number of benzene rings is 8. The number of nitrogens with zero attached hydrogens (tertiary/aromatic N) is 8. The van der Waals surface area contributed by atoms with E-state index in [0.717, 1.165) is 36.4 Å². The monoisotopic (exact) mass is 1400 g/mol. The number of ketones is 2. The van der Waals surface area contributed by atoms with Gasteiger partial charge in [-0.3, -0.25) is 9.59 Å². The van der Waals surface area contributed by atoms with Crippen LogP contribution in [0.4, 0.5) is 56.9 Å². The number of nitrogens with two attached hydrogens (primary N) is 2. The van der Waals surface area contributed by atoms with E-state index in [1.54, 1.807) is 0 Å². The van der Waals surface area contributed by atoms with Crippen molar-refractivity contribution in [3.63, 3.8) is 0 Å². The Hall–Kier alpha value is -4.19. The van der Waals surface area contributed by atoms with E-state index in [1.165, 1.54) is 72.8 Å². The standard InChI is InChI=1S/C46H27N10O13S3.6Na.3O3S/c47-28-15-18-30(50-49-22-6-3-7-23(20-22)70(61,62)63)24-14-17-35(45(59)38(24)28)55-53-33-11-4-8-25-40(33)43(57)26-9-5-12-34(41(26)44(25)58)54-56-42-37(72(67,68)69)21-27-31(19-16-29(48)39(27)46(42)60)51-52-32-10-1-2-13-36(32)71(64,65)66;;;;;;;3*1-4(2)3/h2-5,7-16,18-21,59-60H,47-48H2,(H,61,62,63)(H,64,65,66)(H,67,68,69);;;;;;;;;/q-3;6*+1;;;/p-3. The number of azo groups is 4. The van der Waals surface area contributed by atoms with Gasteiger partial charge in [-0.05, 0) is 58.7 Å². The fourth-order valence-corrected chi connectivity index (χ4v) is 9.23. The summed E-state index contributed by atoms with van der Waals surface area (Å²) in [7, 11) is -24.7. The summed E-state index contributed by atoms with van der Waals surface area (Å²) in [6.45, 7) is 0. The zero-order valence-corrected chi connectivity index (χ0v) is 63.5. The van der Waals surface area contributed by atoms with Gasteiger partial charge < -0.3 is 35.3 Å². The maximum absolute atomic E-state index is 14.2. The average Bonchev–Trinajstić information content (AvgIpc) is 0.772. The third kappa shape index (κ3) is 22.0. The van der Waals surface area contributed by atoms with E-state index in [9.17, 15) is 58.7 Å². The number of hydrogen-bond acceptors (Lipinski definition) is 32. The minimum Gasteiger partial charge on any atom is -0.746 e. The van der Waals surface area contributed by atoms with Crippen LogP contribution in [0.5, 0.6) is 11.5 Å². The van der Waals surface area contributed by atoms with E-state index in [-0.39, 0.29) is 267 Å². The number of phenols is 2. The third-order valence-corrected chi connectivity index (χ3v) is 13.3. The number of aromatic hydroxyl groups is 2. The van der Waals surface area contributed by atoms with Crippen molar-refractivity contribution in [2.24, 2.45) is 40.9 Å². The number of hydrogen-bond donors (Lipinski definition) is 4. The van der Waals surface area contributed by atoms with E-state index >= 15 is 0 Å². The van der Waals surface area contributed by atoms with Crippen molar-refractivity contribution in [2.45, 2.75) is 14.7 Å². The molecular weight excluding hydrogens is 1370 g/mol. The van der Waals surface area contributed by atoms with Crippen molar-refractivity contribution < 1.29 is 274 Å². The number of rotatable bonds is 11. The van der Waals surface area contributed by atoms with Crippen LogP contribution in [-0.2, 0) is 62.2 Å². The van der Waals surface area contributed by atoms with Gasteiger partial charge in [0.15, 0.2) is 17.3 Å². The molecule has 0 atom stereocenters. The molecule has 432 valence electrons. The molecule has 0 saturated heterocycles. The van der Waals surface area contributed by atoms with E-state index in [1.807, 2.05) is 0 Å². The first-order valence-corrected chi connectivity index (χ1v) is 28.8. The summed E-state index contributed by atoms with van der Waals surface area (Å²) in [6, 6.07) is 29.7. The molecule has 1 aliphatic rings. The van der Waals surface area contributed by atoms with Crippen LogP contribution in [0.3, 0.4) is 0 Å². The summed E-state index contributed by atoms with van der Waals surface area (Å²) < 4.78 is 184. The van der Waals surface area contributed by atoms with Crippen molar-refractivity contribution in [3.05, 3.63) is 150 Å². The number of carbonyl (C=O) groups is 2. The molecule has 44 heteroatoms. The molecule has 0 saturated carbocycles. The molecular formula is C46H24N10Na6O22S6. The molecule has 6 N–H and O–H groups in total. The number of phenolic OH excluding ortho intramolecular Hbond substituents is 2. The second-order valence-corrected chi connectivity index (χ2v) is 21.1. The molecule has 0 aliphatic heterocycles. The van der Waals surface area contributed by atoms with Crippen molar-refractivity contribution in [1.82, 2.24) is 0 Å². The number of fused-ring (bicyclic) bond motifs is 4. The first-order valence-electron chi connectivity index (χ1n) is 21.6. The Bertz CT molecular complexity index is 4900. The van der Waals surface area contributed by atoms with Crippen LogP contribution in [0.2, 0.25) is 0 Å². The first-order chi connectivity index (χ1) is 39.3. The minimum absolute atomic E-state index is 0. The molecule has 0 unspecified atom stereocenters. The first kappa shape index (κ1) is 85.8. The number of nitrogen functional groups attached to an aromatic ring is 2. The average molecular weight is 1400 g/mol. The van der Waals surface area contributed by atoms with Crippen molar-refractivity contribution in [1.29, 1.82) is 0 Å². The second kappa shape index (κ2) is 37.0. The maximum atomic E-state index is 14.2. The molecule has 8 aromatic rings. The number of anilines is 2. The minimum atomic E-state index is -5.52. The topological polar surface area (TPSA) is 551 Å². The summed E-state index contributed by atoms with van der Waals surface area (Å²) in [6.07, 6.45) is 0. The van der Waals surface area contributed by atoms with Crippen LogP contribution in [0.25, 0.3) is 21.5 Å². The van der Waals surface area contributed by atoms with Gasteiger partial charge in [0, 0.05) is 45.0 Å². The van der Waals surface area contributed by atoms with Gasteiger partial charge in [-0.1, -0.05) is 39.9 Å². The Morgan fingerprint density at radius 3 is 1.38 bits per heavy atom. The van der Waals surface area contributed by atoms with Gasteiger partial charge in [0.2, 0.25) is 0 Å². The van der Waals surface area contributed by atoms with E-state index in [0.29, 0.717) is 0 Å². The zero-order chi connectivity index (χ0) is 62.2. The van der Waals surface area contributed by atoms with E-state index in [4.69, 9.17) is 49.3 Å². The Labute approximate surface area is 644 Å². The molecule has 0 radical (unpaired) electrons. The van der Waals surface area contributed by atoms with Crippen LogP contribution >= 0.6 is 0 Å². The van der Waals surface area contributed by atoms with Crippen LogP contribution in [0.15, 0.2) is 165 Å². The summed E-state index contributed by atoms with van der Waals surface area (Å²) in [5.74, 6) is -3.01. The van der Waals surface area contributed by atoms with E-state index < -0.39 is 111 Å². The largest absolute Gasteiger partial charge is 1.00 e. The van der Waals surface area contributed by atoms with Gasteiger partial charge in [0.25, 0.3) is 0 Å². The van der Waals surface area contributed by atoms with Gasteiger partial charge in [-0.15, -0.1) is 60.2 Å². The van der Waals surface area contributed by atoms with Gasteiger partial charge in [-0.2, -0.15) is 74.1 Å². The zero-order valence-electron chi connectivity index (χ0n) is 46.6. The van der Waals surface area contributed by atoms with Crippen LogP contribution < -0.4 is 189 Å². The molecule has 0 spiro atoms. The molecule has 0 fully saturated rings. The van der Waals surface area contributed by atoms with Crippen molar-refractivity contribution in [3.8, 4) is 11.5 Å². The Morgan fingerprint density at radius 2 is 0.889 bits per heavy atom. The molecule has 0 bridgehead atoms. The number of carbonyl (C=O) groups excluding carboxylic acids is 2. The molecule has 32 nitrogen and oxygen atoms in total. The predicted octanol–water partition coefficient (Wildman–Crippen LogP) is -11.9. The van der Waals surface area contributed by atoms with Crippen molar-refractivity contribution >= 4 is 152 Å². The summed E-state index contributed by atoms with van der Waals surface area (Å²) in [5.41, 5.74) is 9.19. The van der Waals surface area contributed by atoms with Crippen molar-refractivity contribution in [2.75, 3.05) is 11.5 Å². The third-order valence-electron chi connectivity index (χ3n) is 10.8. The Morgan fingerprint density at radius 1 is 0.444 bits per heavy atom. The van der Waals surface area contributed by atoms with E-state index in [2.05, 4.69) is 59.1 Å². The summed E-state index contributed by atoms with van der Waals surface area (Å²) in [5, 5.41) is 54.5. The van der Waals surface area contributed by atoms with Gasteiger partial charge >= 0.3 is 209 Å². The smallest absolute Gasteiger partial charge is 0.746 e. The second-order valence-electron chi connectivity index (χ2n) is 15.8. The molecule has 9 rings (SSSR count). The SMILES string of the molecule is Nc1ccc(N=Nc2[c-]ccc(S(=O)(=O)[O-])c2)c2c[c-]c(N=Nc3cccc4c3C(=O)c3cccc(N=Nc5c(S(=O)(=O)[O-])cc6c(N=Nc7c[c-]ccc7S(=O)(=O)[O-])ccc(N)c6c5O)c3C4=O)c(O)c12.O=S(=O)=O.O=S(=O)=O.O=S(=O)=O.[Na+].[Na+].[Na+].[Na+].[Na+].[Na+].